The maximum Gasteiger partial charge on any atom is 0.263 e. The first-order valence-corrected chi connectivity index (χ1v) is 8.39. The van der Waals surface area contributed by atoms with Gasteiger partial charge in [-0.25, -0.2) is 4.98 Å². The number of aromatic nitrogens is 3. The predicted molar refractivity (Wildman–Crippen MR) is 94.2 cm³/mol. The second-order valence-corrected chi connectivity index (χ2v) is 6.10. The Hall–Kier alpha value is -2.37. The standard InChI is InChI=1S/C18H26N4O2/c1-6-8-14(16-19-9-10-21(16)5)20-17(23)15-12(3)11-13(4)22(7-2)18(15)24/h9-11,14H,6-8H2,1-5H3,(H,20,23). The highest BCUT2D eigenvalue weighted by Crippen LogP contribution is 2.17. The van der Waals surface area contributed by atoms with Gasteiger partial charge in [0.2, 0.25) is 0 Å². The Morgan fingerprint density at radius 2 is 2.04 bits per heavy atom. The van der Waals surface area contributed by atoms with Crippen LogP contribution in [0.15, 0.2) is 23.3 Å². The lowest BCUT2D eigenvalue weighted by Crippen LogP contribution is -2.37. The average molecular weight is 330 g/mol. The van der Waals surface area contributed by atoms with Crippen LogP contribution < -0.4 is 10.9 Å². The third-order valence-electron chi connectivity index (χ3n) is 4.30. The molecule has 1 N–H and O–H groups in total. The number of pyridine rings is 1. The van der Waals surface area contributed by atoms with E-state index in [4.69, 9.17) is 0 Å². The summed E-state index contributed by atoms with van der Waals surface area (Å²) < 4.78 is 3.52. The summed E-state index contributed by atoms with van der Waals surface area (Å²) in [6.45, 7) is 8.19. The molecule has 1 unspecified atom stereocenters. The van der Waals surface area contributed by atoms with Gasteiger partial charge >= 0.3 is 0 Å². The Balaban J connectivity index is 2.38. The van der Waals surface area contributed by atoms with Crippen LogP contribution in [0.3, 0.4) is 0 Å². The fourth-order valence-corrected chi connectivity index (χ4v) is 3.09. The summed E-state index contributed by atoms with van der Waals surface area (Å²) in [5, 5.41) is 2.99. The molecule has 130 valence electrons. The van der Waals surface area contributed by atoms with Gasteiger partial charge in [0.25, 0.3) is 11.5 Å². The van der Waals surface area contributed by atoms with Crippen LogP contribution in [0.1, 0.15) is 60.2 Å². The molecule has 2 rings (SSSR count). The monoisotopic (exact) mass is 330 g/mol. The molecule has 2 aromatic heterocycles. The van der Waals surface area contributed by atoms with Gasteiger partial charge in [-0.1, -0.05) is 13.3 Å². The van der Waals surface area contributed by atoms with Gasteiger partial charge in [-0.05, 0) is 38.8 Å². The van der Waals surface area contributed by atoms with Crippen LogP contribution >= 0.6 is 0 Å². The van der Waals surface area contributed by atoms with E-state index in [9.17, 15) is 9.59 Å². The molecule has 6 nitrogen and oxygen atoms in total. The van der Waals surface area contributed by atoms with Crippen LogP contribution in [-0.2, 0) is 13.6 Å². The zero-order valence-electron chi connectivity index (χ0n) is 15.1. The van der Waals surface area contributed by atoms with E-state index in [1.54, 1.807) is 17.7 Å². The highest BCUT2D eigenvalue weighted by atomic mass is 16.2. The Kier molecular flexibility index (Phi) is 5.59. The van der Waals surface area contributed by atoms with Crippen LogP contribution in [0.25, 0.3) is 0 Å². The molecule has 0 aliphatic carbocycles. The third-order valence-corrected chi connectivity index (χ3v) is 4.30. The highest BCUT2D eigenvalue weighted by molar-refractivity contribution is 5.95. The number of nitrogens with zero attached hydrogens (tertiary/aromatic N) is 3. The van der Waals surface area contributed by atoms with E-state index >= 15 is 0 Å². The van der Waals surface area contributed by atoms with Crippen molar-refractivity contribution in [3.63, 3.8) is 0 Å². The quantitative estimate of drug-likeness (QED) is 0.885. The minimum absolute atomic E-state index is 0.210. The van der Waals surface area contributed by atoms with E-state index in [-0.39, 0.29) is 23.1 Å². The summed E-state index contributed by atoms with van der Waals surface area (Å²) in [4.78, 5) is 29.8. The van der Waals surface area contributed by atoms with Crippen molar-refractivity contribution in [2.75, 3.05) is 0 Å². The largest absolute Gasteiger partial charge is 0.342 e. The summed E-state index contributed by atoms with van der Waals surface area (Å²) in [6.07, 6.45) is 5.24. The van der Waals surface area contributed by atoms with Crippen molar-refractivity contribution in [2.45, 2.75) is 53.1 Å². The normalized spacial score (nSPS) is 12.2. The zero-order valence-corrected chi connectivity index (χ0v) is 15.1. The SMILES string of the molecule is CCCC(NC(=O)c1c(C)cc(C)n(CC)c1=O)c1nccn1C. The van der Waals surface area contributed by atoms with E-state index in [1.165, 1.54) is 0 Å². The van der Waals surface area contributed by atoms with Crippen LogP contribution in [0.5, 0.6) is 0 Å². The van der Waals surface area contributed by atoms with Crippen molar-refractivity contribution in [3.8, 4) is 0 Å². The van der Waals surface area contributed by atoms with Gasteiger partial charge in [-0.3, -0.25) is 9.59 Å². The second kappa shape index (κ2) is 7.47. The number of nitrogens with one attached hydrogen (secondary N) is 1. The van der Waals surface area contributed by atoms with Gasteiger partial charge in [0, 0.05) is 31.7 Å². The van der Waals surface area contributed by atoms with Gasteiger partial charge in [0.1, 0.15) is 11.4 Å². The second-order valence-electron chi connectivity index (χ2n) is 6.10. The smallest absolute Gasteiger partial charge is 0.263 e. The number of carbonyl (C=O) groups excluding carboxylic acids is 1. The van der Waals surface area contributed by atoms with Gasteiger partial charge in [-0.2, -0.15) is 0 Å². The average Bonchev–Trinajstić information content (AvgIpc) is 2.92. The molecule has 2 aromatic rings. The number of rotatable bonds is 6. The maximum atomic E-state index is 12.8. The molecule has 2 heterocycles. The van der Waals surface area contributed by atoms with Crippen LogP contribution in [0.2, 0.25) is 0 Å². The molecule has 1 amide bonds. The van der Waals surface area contributed by atoms with E-state index in [0.29, 0.717) is 12.1 Å². The first kappa shape index (κ1) is 18.0. The number of amides is 1. The maximum absolute atomic E-state index is 12.8. The van der Waals surface area contributed by atoms with Crippen LogP contribution in [0.4, 0.5) is 0 Å². The molecule has 0 saturated carbocycles. The summed E-state index contributed by atoms with van der Waals surface area (Å²) in [5.74, 6) is 0.465. The summed E-state index contributed by atoms with van der Waals surface area (Å²) >= 11 is 0. The fourth-order valence-electron chi connectivity index (χ4n) is 3.09. The van der Waals surface area contributed by atoms with Crippen molar-refractivity contribution in [1.82, 2.24) is 19.4 Å². The van der Waals surface area contributed by atoms with E-state index in [1.807, 2.05) is 37.7 Å². The molecule has 24 heavy (non-hydrogen) atoms. The third kappa shape index (κ3) is 3.42. The van der Waals surface area contributed by atoms with Crippen LogP contribution in [-0.4, -0.2) is 20.0 Å². The number of aryl methyl sites for hydroxylation is 3. The van der Waals surface area contributed by atoms with Crippen molar-refractivity contribution < 1.29 is 4.79 Å². The summed E-state index contributed by atoms with van der Waals surface area (Å²) in [5.41, 5.74) is 1.56. The number of carbonyl (C=O) groups is 1. The molecule has 0 aliphatic heterocycles. The number of hydrogen-bond donors (Lipinski definition) is 1. The molecule has 1 atom stereocenters. The molecule has 6 heteroatoms. The molecule has 0 spiro atoms. The molecule has 0 aromatic carbocycles. The summed E-state index contributed by atoms with van der Waals surface area (Å²) in [7, 11) is 1.90. The summed E-state index contributed by atoms with van der Waals surface area (Å²) in [6, 6.07) is 1.67. The minimum atomic E-state index is -0.332. The van der Waals surface area contributed by atoms with Crippen LogP contribution in [0, 0.1) is 13.8 Å². The molecular formula is C18H26N4O2. The first-order valence-electron chi connectivity index (χ1n) is 8.39. The van der Waals surface area contributed by atoms with Gasteiger partial charge in [-0.15, -0.1) is 0 Å². The van der Waals surface area contributed by atoms with Gasteiger partial charge < -0.3 is 14.5 Å². The Labute approximate surface area is 142 Å². The fraction of sp³-hybridized carbons (Fsp3) is 0.500. The Morgan fingerprint density at radius 3 is 2.58 bits per heavy atom. The topological polar surface area (TPSA) is 68.9 Å². The molecular weight excluding hydrogens is 304 g/mol. The lowest BCUT2D eigenvalue weighted by molar-refractivity contribution is 0.0929. The molecule has 0 fully saturated rings. The molecule has 0 radical (unpaired) electrons. The minimum Gasteiger partial charge on any atom is -0.342 e. The van der Waals surface area contributed by atoms with E-state index in [2.05, 4.69) is 17.2 Å². The van der Waals surface area contributed by atoms with Crippen molar-refractivity contribution >= 4 is 5.91 Å². The molecule has 0 saturated heterocycles. The van der Waals surface area contributed by atoms with E-state index in [0.717, 1.165) is 24.4 Å². The molecule has 0 aliphatic rings. The van der Waals surface area contributed by atoms with Gasteiger partial charge in [0.05, 0.1) is 6.04 Å². The molecule has 0 bridgehead atoms. The van der Waals surface area contributed by atoms with Crippen molar-refractivity contribution in [3.05, 3.63) is 51.5 Å². The Bertz CT molecular complexity index is 789. The van der Waals surface area contributed by atoms with Crippen molar-refractivity contribution in [1.29, 1.82) is 0 Å². The Morgan fingerprint density at radius 1 is 1.33 bits per heavy atom. The number of imidazole rings is 1. The lowest BCUT2D eigenvalue weighted by atomic mass is 10.1. The van der Waals surface area contributed by atoms with Gasteiger partial charge in [0.15, 0.2) is 0 Å². The zero-order chi connectivity index (χ0) is 17.9. The lowest BCUT2D eigenvalue weighted by Gasteiger charge is -2.19. The highest BCUT2D eigenvalue weighted by Gasteiger charge is 2.22. The first-order chi connectivity index (χ1) is 11.4. The van der Waals surface area contributed by atoms with E-state index < -0.39 is 0 Å². The number of hydrogen-bond acceptors (Lipinski definition) is 3. The predicted octanol–water partition coefficient (Wildman–Crippen LogP) is 2.49. The van der Waals surface area contributed by atoms with Crippen molar-refractivity contribution in [2.24, 2.45) is 7.05 Å².